The van der Waals surface area contributed by atoms with Gasteiger partial charge in [-0.15, -0.1) is 12.4 Å². The molecule has 1 saturated heterocycles. The quantitative estimate of drug-likeness (QED) is 0.901. The van der Waals surface area contributed by atoms with Gasteiger partial charge in [0.2, 0.25) is 5.91 Å². The second-order valence-corrected chi connectivity index (χ2v) is 5.48. The summed E-state index contributed by atoms with van der Waals surface area (Å²) in [6.07, 6.45) is 3.03. The summed E-state index contributed by atoms with van der Waals surface area (Å²) < 4.78 is 13.4. The van der Waals surface area contributed by atoms with Crippen molar-refractivity contribution < 1.29 is 9.18 Å². The number of benzene rings is 1. The summed E-state index contributed by atoms with van der Waals surface area (Å²) in [5, 5.41) is 6.15. The van der Waals surface area contributed by atoms with Gasteiger partial charge in [-0.05, 0) is 56.8 Å². The van der Waals surface area contributed by atoms with Crippen molar-refractivity contribution in [3.63, 3.8) is 0 Å². The maximum Gasteiger partial charge on any atom is 0.240 e. The van der Waals surface area contributed by atoms with Gasteiger partial charge in [0.1, 0.15) is 5.82 Å². The lowest BCUT2D eigenvalue weighted by Gasteiger charge is -2.33. The summed E-state index contributed by atoms with van der Waals surface area (Å²) in [5.41, 5.74) is 0.924. The van der Waals surface area contributed by atoms with Crippen molar-refractivity contribution in [2.45, 2.75) is 45.2 Å². The number of carbonyl (C=O) groups excluding carboxylic acids is 1. The van der Waals surface area contributed by atoms with Crippen molar-refractivity contribution in [2.75, 3.05) is 6.54 Å². The van der Waals surface area contributed by atoms with E-state index in [2.05, 4.69) is 10.6 Å². The van der Waals surface area contributed by atoms with Crippen LogP contribution in [0.3, 0.4) is 0 Å². The van der Waals surface area contributed by atoms with E-state index in [0.29, 0.717) is 12.1 Å². The van der Waals surface area contributed by atoms with Gasteiger partial charge in [0.25, 0.3) is 0 Å². The minimum atomic E-state index is -0.485. The lowest BCUT2D eigenvalue weighted by molar-refractivity contribution is -0.128. The van der Waals surface area contributed by atoms with E-state index < -0.39 is 5.54 Å². The molecule has 1 fully saturated rings. The van der Waals surface area contributed by atoms with E-state index in [0.717, 1.165) is 31.4 Å². The molecule has 0 radical (unpaired) electrons. The fourth-order valence-corrected chi connectivity index (χ4v) is 2.37. The monoisotopic (exact) mass is 300 g/mol. The van der Waals surface area contributed by atoms with Crippen molar-refractivity contribution in [1.29, 1.82) is 0 Å². The lowest BCUT2D eigenvalue weighted by Crippen LogP contribution is -2.56. The number of aryl methyl sites for hydroxylation is 1. The Kier molecular flexibility index (Phi) is 5.96. The molecule has 1 unspecified atom stereocenters. The SMILES string of the molecule is Cc1ccc(CNC(=O)C2(C)CCCCN2)cc1F.Cl. The summed E-state index contributed by atoms with van der Waals surface area (Å²) in [5.74, 6) is -0.234. The Morgan fingerprint density at radius 2 is 2.20 bits per heavy atom. The van der Waals surface area contributed by atoms with Gasteiger partial charge >= 0.3 is 0 Å². The molecule has 0 saturated carbocycles. The van der Waals surface area contributed by atoms with E-state index in [-0.39, 0.29) is 24.1 Å². The molecule has 0 spiro atoms. The predicted octanol–water partition coefficient (Wildman–Crippen LogP) is 2.70. The molecule has 0 bridgehead atoms. The van der Waals surface area contributed by atoms with Crippen LogP contribution in [0.2, 0.25) is 0 Å². The van der Waals surface area contributed by atoms with Gasteiger partial charge in [-0.2, -0.15) is 0 Å². The van der Waals surface area contributed by atoms with E-state index >= 15 is 0 Å². The van der Waals surface area contributed by atoms with Crippen LogP contribution < -0.4 is 10.6 Å². The molecule has 1 aromatic carbocycles. The molecule has 2 N–H and O–H groups in total. The van der Waals surface area contributed by atoms with Crippen LogP contribution in [0.15, 0.2) is 18.2 Å². The molecular formula is C15H22ClFN2O. The maximum atomic E-state index is 13.4. The third-order valence-electron chi connectivity index (χ3n) is 3.81. The Labute approximate surface area is 125 Å². The molecule has 1 amide bonds. The summed E-state index contributed by atoms with van der Waals surface area (Å²) in [7, 11) is 0. The first-order chi connectivity index (χ1) is 9.01. The first kappa shape index (κ1) is 16.9. The molecule has 1 aliphatic rings. The van der Waals surface area contributed by atoms with Gasteiger partial charge in [-0.1, -0.05) is 12.1 Å². The maximum absolute atomic E-state index is 13.4. The summed E-state index contributed by atoms with van der Waals surface area (Å²) in [6.45, 7) is 4.90. The zero-order valence-corrected chi connectivity index (χ0v) is 12.8. The third-order valence-corrected chi connectivity index (χ3v) is 3.81. The van der Waals surface area contributed by atoms with Gasteiger partial charge in [0.05, 0.1) is 5.54 Å². The van der Waals surface area contributed by atoms with E-state index in [1.54, 1.807) is 13.0 Å². The van der Waals surface area contributed by atoms with E-state index in [1.807, 2.05) is 13.0 Å². The molecule has 1 heterocycles. The van der Waals surface area contributed by atoms with Gasteiger partial charge < -0.3 is 10.6 Å². The Bertz CT molecular complexity index is 473. The van der Waals surface area contributed by atoms with Crippen LogP contribution in [-0.2, 0) is 11.3 Å². The second-order valence-electron chi connectivity index (χ2n) is 5.48. The molecular weight excluding hydrogens is 279 g/mol. The minimum absolute atomic E-state index is 0. The Hall–Kier alpha value is -1.13. The van der Waals surface area contributed by atoms with E-state index in [9.17, 15) is 9.18 Å². The van der Waals surface area contributed by atoms with Crippen molar-refractivity contribution in [1.82, 2.24) is 10.6 Å². The summed E-state index contributed by atoms with van der Waals surface area (Å²) in [4.78, 5) is 12.2. The normalized spacial score (nSPS) is 21.9. The van der Waals surface area contributed by atoms with Crippen molar-refractivity contribution in [3.8, 4) is 0 Å². The first-order valence-corrected chi connectivity index (χ1v) is 6.80. The van der Waals surface area contributed by atoms with Crippen LogP contribution in [0.1, 0.15) is 37.3 Å². The number of hydrogen-bond acceptors (Lipinski definition) is 2. The number of nitrogens with one attached hydrogen (secondary N) is 2. The fourth-order valence-electron chi connectivity index (χ4n) is 2.37. The van der Waals surface area contributed by atoms with Crippen LogP contribution in [0.5, 0.6) is 0 Å². The molecule has 1 atom stereocenters. The Balaban J connectivity index is 0.00000200. The van der Waals surface area contributed by atoms with E-state index in [4.69, 9.17) is 0 Å². The minimum Gasteiger partial charge on any atom is -0.350 e. The van der Waals surface area contributed by atoms with Gasteiger partial charge in [-0.3, -0.25) is 4.79 Å². The highest BCUT2D eigenvalue weighted by molar-refractivity contribution is 5.86. The van der Waals surface area contributed by atoms with E-state index in [1.165, 1.54) is 6.07 Å². The molecule has 3 nitrogen and oxygen atoms in total. The molecule has 0 aliphatic carbocycles. The predicted molar refractivity (Wildman–Crippen MR) is 80.5 cm³/mol. The number of piperidine rings is 1. The van der Waals surface area contributed by atoms with Crippen LogP contribution in [0, 0.1) is 12.7 Å². The topological polar surface area (TPSA) is 41.1 Å². The van der Waals surface area contributed by atoms with Crippen LogP contribution >= 0.6 is 12.4 Å². The molecule has 20 heavy (non-hydrogen) atoms. The number of halogens is 2. The smallest absolute Gasteiger partial charge is 0.240 e. The average Bonchev–Trinajstić information content (AvgIpc) is 2.40. The Morgan fingerprint density at radius 3 is 2.80 bits per heavy atom. The summed E-state index contributed by atoms with van der Waals surface area (Å²) in [6, 6.07) is 5.05. The molecule has 0 aromatic heterocycles. The zero-order valence-electron chi connectivity index (χ0n) is 12.0. The van der Waals surface area contributed by atoms with Crippen LogP contribution in [-0.4, -0.2) is 18.0 Å². The standard InChI is InChI=1S/C15H21FN2O.ClH/c1-11-5-6-12(9-13(11)16)10-17-14(19)15(2)7-3-4-8-18-15;/h5-6,9,18H,3-4,7-8,10H2,1-2H3,(H,17,19);1H. The number of rotatable bonds is 3. The fraction of sp³-hybridized carbons (Fsp3) is 0.533. The Morgan fingerprint density at radius 1 is 1.45 bits per heavy atom. The number of carbonyl (C=O) groups is 1. The average molecular weight is 301 g/mol. The van der Waals surface area contributed by atoms with Crippen LogP contribution in [0.4, 0.5) is 4.39 Å². The van der Waals surface area contributed by atoms with Gasteiger partial charge in [0.15, 0.2) is 0 Å². The van der Waals surface area contributed by atoms with Crippen molar-refractivity contribution >= 4 is 18.3 Å². The highest BCUT2D eigenvalue weighted by Crippen LogP contribution is 2.19. The first-order valence-electron chi connectivity index (χ1n) is 6.80. The second kappa shape index (κ2) is 7.04. The molecule has 1 aromatic rings. The van der Waals surface area contributed by atoms with Gasteiger partial charge in [-0.25, -0.2) is 4.39 Å². The van der Waals surface area contributed by atoms with Crippen LogP contribution in [0.25, 0.3) is 0 Å². The molecule has 1 aliphatic heterocycles. The molecule has 112 valence electrons. The zero-order chi connectivity index (χ0) is 13.9. The summed E-state index contributed by atoms with van der Waals surface area (Å²) >= 11 is 0. The number of hydrogen-bond donors (Lipinski definition) is 2. The highest BCUT2D eigenvalue weighted by Gasteiger charge is 2.33. The highest BCUT2D eigenvalue weighted by atomic mass is 35.5. The lowest BCUT2D eigenvalue weighted by atomic mass is 9.90. The molecule has 2 rings (SSSR count). The third kappa shape index (κ3) is 3.93. The number of amides is 1. The van der Waals surface area contributed by atoms with Gasteiger partial charge in [0, 0.05) is 6.54 Å². The van der Waals surface area contributed by atoms with Crippen molar-refractivity contribution in [2.24, 2.45) is 0 Å². The van der Waals surface area contributed by atoms with Crippen molar-refractivity contribution in [3.05, 3.63) is 35.1 Å². The largest absolute Gasteiger partial charge is 0.350 e. The molecule has 5 heteroatoms.